The SMILES string of the molecule is C#CCN(Cc1ccc(C)cc1)C(=O)OCc1ccccc1. The average Bonchev–Trinajstić information content (AvgIpc) is 2.55. The summed E-state index contributed by atoms with van der Waals surface area (Å²) < 4.78 is 5.33. The molecule has 0 unspecified atom stereocenters. The van der Waals surface area contributed by atoms with E-state index in [-0.39, 0.29) is 13.2 Å². The molecule has 0 saturated heterocycles. The maximum absolute atomic E-state index is 12.2. The van der Waals surface area contributed by atoms with E-state index in [0.717, 1.165) is 11.1 Å². The van der Waals surface area contributed by atoms with Crippen LogP contribution in [0.3, 0.4) is 0 Å². The number of carbonyl (C=O) groups excluding carboxylic acids is 1. The lowest BCUT2D eigenvalue weighted by molar-refractivity contribution is 0.0984. The first-order chi connectivity index (χ1) is 10.7. The Hall–Kier alpha value is -2.73. The van der Waals surface area contributed by atoms with Gasteiger partial charge in [0.25, 0.3) is 0 Å². The maximum atomic E-state index is 12.2. The lowest BCUT2D eigenvalue weighted by Crippen LogP contribution is -2.31. The van der Waals surface area contributed by atoms with Crippen molar-refractivity contribution in [3.8, 4) is 12.3 Å². The molecule has 0 fully saturated rings. The average molecular weight is 293 g/mol. The zero-order chi connectivity index (χ0) is 15.8. The Morgan fingerprint density at radius 2 is 1.77 bits per heavy atom. The summed E-state index contributed by atoms with van der Waals surface area (Å²) in [5.74, 6) is 2.50. The molecular formula is C19H19NO2. The van der Waals surface area contributed by atoms with Crippen molar-refractivity contribution in [3.05, 3.63) is 71.3 Å². The summed E-state index contributed by atoms with van der Waals surface area (Å²) in [5, 5.41) is 0. The monoisotopic (exact) mass is 293 g/mol. The fourth-order valence-electron chi connectivity index (χ4n) is 2.02. The van der Waals surface area contributed by atoms with E-state index in [0.29, 0.717) is 6.54 Å². The van der Waals surface area contributed by atoms with Gasteiger partial charge in [-0.3, -0.25) is 4.90 Å². The minimum Gasteiger partial charge on any atom is -0.445 e. The van der Waals surface area contributed by atoms with Gasteiger partial charge in [-0.2, -0.15) is 0 Å². The molecule has 112 valence electrons. The Bertz CT molecular complexity index is 641. The molecular weight excluding hydrogens is 274 g/mol. The van der Waals surface area contributed by atoms with Crippen LogP contribution in [0, 0.1) is 19.3 Å². The highest BCUT2D eigenvalue weighted by molar-refractivity contribution is 5.68. The molecule has 0 N–H and O–H groups in total. The van der Waals surface area contributed by atoms with Crippen molar-refractivity contribution in [2.75, 3.05) is 6.54 Å². The second kappa shape index (κ2) is 7.90. The first kappa shape index (κ1) is 15.7. The predicted octanol–water partition coefficient (Wildman–Crippen LogP) is 3.77. The number of amides is 1. The number of benzene rings is 2. The van der Waals surface area contributed by atoms with Crippen LogP contribution in [-0.2, 0) is 17.9 Å². The maximum Gasteiger partial charge on any atom is 0.411 e. The predicted molar refractivity (Wildman–Crippen MR) is 87.0 cm³/mol. The van der Waals surface area contributed by atoms with E-state index in [9.17, 15) is 4.79 Å². The molecule has 3 heteroatoms. The smallest absolute Gasteiger partial charge is 0.411 e. The zero-order valence-corrected chi connectivity index (χ0v) is 12.7. The minimum absolute atomic E-state index is 0.224. The third kappa shape index (κ3) is 4.68. The molecule has 22 heavy (non-hydrogen) atoms. The number of rotatable bonds is 5. The van der Waals surface area contributed by atoms with Crippen LogP contribution in [0.4, 0.5) is 4.79 Å². The fraction of sp³-hybridized carbons (Fsp3) is 0.211. The Labute approximate surface area is 131 Å². The summed E-state index contributed by atoms with van der Waals surface area (Å²) in [6, 6.07) is 17.6. The summed E-state index contributed by atoms with van der Waals surface area (Å²) in [4.78, 5) is 13.7. The Morgan fingerprint density at radius 1 is 1.09 bits per heavy atom. The highest BCUT2D eigenvalue weighted by Crippen LogP contribution is 2.09. The third-order valence-corrected chi connectivity index (χ3v) is 3.24. The standard InChI is InChI=1S/C19H19NO2/c1-3-13-20(14-17-11-9-16(2)10-12-17)19(21)22-15-18-7-5-4-6-8-18/h1,4-12H,13-15H2,2H3. The Balaban J connectivity index is 1.96. The minimum atomic E-state index is -0.401. The van der Waals surface area contributed by atoms with E-state index in [1.807, 2.05) is 61.5 Å². The first-order valence-electron chi connectivity index (χ1n) is 7.13. The topological polar surface area (TPSA) is 29.5 Å². The number of carbonyl (C=O) groups is 1. The summed E-state index contributed by atoms with van der Waals surface area (Å²) >= 11 is 0. The van der Waals surface area contributed by atoms with E-state index in [1.54, 1.807) is 0 Å². The number of nitrogens with zero attached hydrogens (tertiary/aromatic N) is 1. The van der Waals surface area contributed by atoms with Gasteiger partial charge in [0.05, 0.1) is 6.54 Å². The molecule has 0 atom stereocenters. The van der Waals surface area contributed by atoms with Crippen LogP contribution < -0.4 is 0 Å². The molecule has 0 aromatic heterocycles. The molecule has 0 spiro atoms. The molecule has 0 radical (unpaired) electrons. The van der Waals surface area contributed by atoms with E-state index in [1.165, 1.54) is 10.5 Å². The number of aryl methyl sites for hydroxylation is 1. The van der Waals surface area contributed by atoms with Crippen LogP contribution in [0.25, 0.3) is 0 Å². The number of ether oxygens (including phenoxy) is 1. The zero-order valence-electron chi connectivity index (χ0n) is 12.7. The quantitative estimate of drug-likeness (QED) is 0.785. The molecule has 0 aliphatic rings. The molecule has 2 rings (SSSR count). The second-order valence-electron chi connectivity index (χ2n) is 5.09. The lowest BCUT2D eigenvalue weighted by Gasteiger charge is -2.20. The van der Waals surface area contributed by atoms with Gasteiger partial charge in [-0.1, -0.05) is 66.1 Å². The van der Waals surface area contributed by atoms with Crippen LogP contribution in [0.5, 0.6) is 0 Å². The summed E-state index contributed by atoms with van der Waals surface area (Å²) in [6.07, 6.45) is 4.95. The Morgan fingerprint density at radius 3 is 2.41 bits per heavy atom. The van der Waals surface area contributed by atoms with Crippen LogP contribution in [0.2, 0.25) is 0 Å². The van der Waals surface area contributed by atoms with E-state index >= 15 is 0 Å². The lowest BCUT2D eigenvalue weighted by atomic mass is 10.1. The number of hydrogen-bond acceptors (Lipinski definition) is 2. The van der Waals surface area contributed by atoms with Gasteiger partial charge >= 0.3 is 6.09 Å². The summed E-state index contributed by atoms with van der Waals surface area (Å²) in [7, 11) is 0. The third-order valence-electron chi connectivity index (χ3n) is 3.24. The molecule has 1 amide bonds. The van der Waals surface area contributed by atoms with Crippen molar-refractivity contribution < 1.29 is 9.53 Å². The van der Waals surface area contributed by atoms with Gasteiger partial charge in [-0.15, -0.1) is 6.42 Å². The summed E-state index contributed by atoms with van der Waals surface area (Å²) in [5.41, 5.74) is 3.16. The van der Waals surface area contributed by atoms with E-state index in [4.69, 9.17) is 11.2 Å². The molecule has 2 aromatic carbocycles. The summed E-state index contributed by atoms with van der Waals surface area (Å²) in [6.45, 7) is 2.94. The van der Waals surface area contributed by atoms with Crippen LogP contribution >= 0.6 is 0 Å². The highest BCUT2D eigenvalue weighted by atomic mass is 16.6. The van der Waals surface area contributed by atoms with Gasteiger partial charge in [0.1, 0.15) is 6.61 Å². The molecule has 2 aromatic rings. The molecule has 3 nitrogen and oxygen atoms in total. The van der Waals surface area contributed by atoms with Crippen molar-refractivity contribution in [1.29, 1.82) is 0 Å². The van der Waals surface area contributed by atoms with Crippen LogP contribution in [0.15, 0.2) is 54.6 Å². The van der Waals surface area contributed by atoms with Crippen molar-refractivity contribution in [2.24, 2.45) is 0 Å². The first-order valence-corrected chi connectivity index (χ1v) is 7.13. The van der Waals surface area contributed by atoms with Crippen molar-refractivity contribution in [1.82, 2.24) is 4.90 Å². The number of hydrogen-bond donors (Lipinski definition) is 0. The molecule has 0 bridgehead atoms. The largest absolute Gasteiger partial charge is 0.445 e. The molecule has 0 aliphatic heterocycles. The van der Waals surface area contributed by atoms with Gasteiger partial charge in [-0.25, -0.2) is 4.79 Å². The van der Waals surface area contributed by atoms with Crippen molar-refractivity contribution in [2.45, 2.75) is 20.1 Å². The van der Waals surface area contributed by atoms with Gasteiger partial charge in [0.2, 0.25) is 0 Å². The molecule has 0 saturated carbocycles. The van der Waals surface area contributed by atoms with Gasteiger partial charge in [0, 0.05) is 6.54 Å². The highest BCUT2D eigenvalue weighted by Gasteiger charge is 2.14. The molecule has 0 heterocycles. The van der Waals surface area contributed by atoms with Gasteiger partial charge < -0.3 is 4.74 Å². The second-order valence-corrected chi connectivity index (χ2v) is 5.09. The number of terminal acetylenes is 1. The molecule has 0 aliphatic carbocycles. The van der Waals surface area contributed by atoms with Gasteiger partial charge in [-0.05, 0) is 18.1 Å². The Kier molecular flexibility index (Phi) is 5.62. The van der Waals surface area contributed by atoms with Gasteiger partial charge in [0.15, 0.2) is 0 Å². The van der Waals surface area contributed by atoms with Crippen molar-refractivity contribution in [3.63, 3.8) is 0 Å². The van der Waals surface area contributed by atoms with Crippen molar-refractivity contribution >= 4 is 6.09 Å². The normalized spacial score (nSPS) is 9.82. The van der Waals surface area contributed by atoms with E-state index < -0.39 is 6.09 Å². The fourth-order valence-corrected chi connectivity index (χ4v) is 2.02. The van der Waals surface area contributed by atoms with E-state index in [2.05, 4.69) is 5.92 Å². The van der Waals surface area contributed by atoms with Crippen LogP contribution in [0.1, 0.15) is 16.7 Å². The van der Waals surface area contributed by atoms with Crippen LogP contribution in [-0.4, -0.2) is 17.5 Å².